The van der Waals surface area contributed by atoms with Crippen LogP contribution in [0.3, 0.4) is 0 Å². The molecule has 1 rings (SSSR count). The summed E-state index contributed by atoms with van der Waals surface area (Å²) in [6, 6.07) is 7.99. The number of hydrogen-bond donors (Lipinski definition) is 0. The number of hydrogen-bond acceptors (Lipinski definition) is 0. The van der Waals surface area contributed by atoms with Gasteiger partial charge >= 0.3 is 0 Å². The van der Waals surface area contributed by atoms with Crippen molar-refractivity contribution in [3.8, 4) is 0 Å². The van der Waals surface area contributed by atoms with E-state index in [2.05, 4.69) is 13.0 Å². The van der Waals surface area contributed by atoms with E-state index in [1.807, 2.05) is 18.2 Å². The summed E-state index contributed by atoms with van der Waals surface area (Å²) in [4.78, 5) is 0. The lowest BCUT2D eigenvalue weighted by Gasteiger charge is -1.98. The minimum Gasteiger partial charge on any atom is -0.0843 e. The molecule has 0 atom stereocenters. The van der Waals surface area contributed by atoms with Gasteiger partial charge in [0.15, 0.2) is 0 Å². The zero-order valence-electron chi connectivity index (χ0n) is 6.52. The van der Waals surface area contributed by atoms with Crippen LogP contribution in [0.4, 0.5) is 0 Å². The van der Waals surface area contributed by atoms with Crippen molar-refractivity contribution >= 4 is 11.6 Å². The molecule has 0 fully saturated rings. The molecule has 1 aromatic carbocycles. The summed E-state index contributed by atoms with van der Waals surface area (Å²) in [5.74, 6) is 0. The quantitative estimate of drug-likeness (QED) is 0.647. The Balaban J connectivity index is 2.56. The van der Waals surface area contributed by atoms with Gasteiger partial charge in [0.25, 0.3) is 0 Å². The van der Waals surface area contributed by atoms with E-state index >= 15 is 0 Å². The smallest absolute Gasteiger partial charge is 0.0408 e. The van der Waals surface area contributed by atoms with Crippen molar-refractivity contribution < 1.29 is 0 Å². The van der Waals surface area contributed by atoms with Crippen molar-refractivity contribution in [2.24, 2.45) is 0 Å². The maximum absolute atomic E-state index is 5.81. The van der Waals surface area contributed by atoms with Crippen LogP contribution in [-0.2, 0) is 6.42 Å². The van der Waals surface area contributed by atoms with Crippen LogP contribution in [0.5, 0.6) is 0 Å². The van der Waals surface area contributed by atoms with Gasteiger partial charge in [-0.15, -0.1) is 0 Å². The molecule has 0 bridgehead atoms. The van der Waals surface area contributed by atoms with E-state index in [9.17, 15) is 0 Å². The summed E-state index contributed by atoms with van der Waals surface area (Å²) in [5.41, 5.74) is 1.31. The topological polar surface area (TPSA) is 0 Å². The van der Waals surface area contributed by atoms with Gasteiger partial charge in [-0.05, 0) is 30.5 Å². The fourth-order valence-corrected chi connectivity index (χ4v) is 1.23. The fraction of sp³-hybridized carbons (Fsp3) is 0.300. The lowest BCUT2D eigenvalue weighted by Crippen LogP contribution is -1.82. The molecule has 11 heavy (non-hydrogen) atoms. The molecule has 0 saturated carbocycles. The molecular weight excluding hydrogens is 156 g/mol. The van der Waals surface area contributed by atoms with Crippen molar-refractivity contribution in [3.05, 3.63) is 41.8 Å². The Kier molecular flexibility index (Phi) is 3.44. The molecule has 0 amide bonds. The molecule has 59 valence electrons. The summed E-state index contributed by atoms with van der Waals surface area (Å²) in [6.07, 6.45) is 3.22. The number of halogens is 1. The average molecular weight is 168 g/mol. The number of aryl methyl sites for hydroxylation is 1. The van der Waals surface area contributed by atoms with Crippen LogP contribution in [-0.4, -0.2) is 0 Å². The summed E-state index contributed by atoms with van der Waals surface area (Å²) in [7, 11) is 0. The molecule has 0 unspecified atom stereocenters. The van der Waals surface area contributed by atoms with Gasteiger partial charge in [0, 0.05) is 5.02 Å². The number of rotatable bonds is 3. The summed E-state index contributed by atoms with van der Waals surface area (Å²) < 4.78 is 0. The normalized spacial score (nSPS) is 10.0. The van der Waals surface area contributed by atoms with Gasteiger partial charge in [-0.2, -0.15) is 0 Å². The lowest BCUT2D eigenvalue weighted by molar-refractivity contribution is 0.841. The Labute approximate surface area is 73.2 Å². The fourth-order valence-electron chi connectivity index (χ4n) is 1.02. The zero-order chi connectivity index (χ0) is 8.10. The van der Waals surface area contributed by atoms with Crippen LogP contribution in [0.25, 0.3) is 0 Å². The average Bonchev–Trinajstić information content (AvgIpc) is 2.01. The van der Waals surface area contributed by atoms with Gasteiger partial charge in [0.1, 0.15) is 0 Å². The van der Waals surface area contributed by atoms with Crippen molar-refractivity contribution in [2.45, 2.75) is 19.3 Å². The Hall–Kier alpha value is -0.490. The third-order valence-electron chi connectivity index (χ3n) is 1.60. The largest absolute Gasteiger partial charge is 0.0843 e. The van der Waals surface area contributed by atoms with Gasteiger partial charge in [-0.25, -0.2) is 0 Å². The van der Waals surface area contributed by atoms with Gasteiger partial charge < -0.3 is 0 Å². The highest BCUT2D eigenvalue weighted by Crippen LogP contribution is 2.12. The summed E-state index contributed by atoms with van der Waals surface area (Å²) in [6.45, 7) is 3.79. The molecule has 0 spiro atoms. The molecule has 0 N–H and O–H groups in total. The van der Waals surface area contributed by atoms with E-state index in [-0.39, 0.29) is 0 Å². The first-order valence-corrected chi connectivity index (χ1v) is 4.24. The molecule has 0 aliphatic rings. The van der Waals surface area contributed by atoms with Crippen LogP contribution in [0.2, 0.25) is 5.02 Å². The first kappa shape index (κ1) is 8.61. The number of benzene rings is 1. The van der Waals surface area contributed by atoms with Gasteiger partial charge in [-0.1, -0.05) is 37.1 Å². The predicted octanol–water partition coefficient (Wildman–Crippen LogP) is 3.50. The van der Waals surface area contributed by atoms with E-state index in [4.69, 9.17) is 11.6 Å². The van der Waals surface area contributed by atoms with Gasteiger partial charge in [0.2, 0.25) is 0 Å². The van der Waals surface area contributed by atoms with E-state index in [0.717, 1.165) is 24.3 Å². The van der Waals surface area contributed by atoms with E-state index in [0.29, 0.717) is 0 Å². The highest BCUT2D eigenvalue weighted by Gasteiger charge is 1.92. The molecule has 0 aliphatic heterocycles. The van der Waals surface area contributed by atoms with Crippen LogP contribution in [0.1, 0.15) is 18.4 Å². The zero-order valence-corrected chi connectivity index (χ0v) is 7.27. The molecule has 1 radical (unpaired) electrons. The molecule has 0 aromatic heterocycles. The van der Waals surface area contributed by atoms with Crippen molar-refractivity contribution in [1.82, 2.24) is 0 Å². The monoisotopic (exact) mass is 167 g/mol. The molecule has 0 aliphatic carbocycles. The number of unbranched alkanes of at least 4 members (excludes halogenated alkanes) is 1. The van der Waals surface area contributed by atoms with Gasteiger partial charge in [0.05, 0.1) is 0 Å². The maximum Gasteiger partial charge on any atom is 0.0408 e. The second-order valence-electron chi connectivity index (χ2n) is 2.59. The second kappa shape index (κ2) is 4.40. The maximum atomic E-state index is 5.81. The SMILES string of the molecule is [CH2]CCCc1cccc(Cl)c1. The van der Waals surface area contributed by atoms with Crippen molar-refractivity contribution in [3.63, 3.8) is 0 Å². The summed E-state index contributed by atoms with van der Waals surface area (Å²) >= 11 is 5.81. The van der Waals surface area contributed by atoms with E-state index in [1.165, 1.54) is 5.56 Å². The molecule has 0 nitrogen and oxygen atoms in total. The predicted molar refractivity (Wildman–Crippen MR) is 49.7 cm³/mol. The molecule has 1 aromatic rings. The Morgan fingerprint density at radius 1 is 1.36 bits per heavy atom. The second-order valence-corrected chi connectivity index (χ2v) is 3.02. The molecular formula is C10H12Cl. The highest BCUT2D eigenvalue weighted by molar-refractivity contribution is 6.30. The van der Waals surface area contributed by atoms with Crippen LogP contribution < -0.4 is 0 Å². The third-order valence-corrected chi connectivity index (χ3v) is 1.84. The Morgan fingerprint density at radius 3 is 2.82 bits per heavy atom. The first-order chi connectivity index (χ1) is 5.33. The van der Waals surface area contributed by atoms with E-state index in [1.54, 1.807) is 0 Å². The summed E-state index contributed by atoms with van der Waals surface area (Å²) in [5, 5.41) is 0.826. The molecule has 1 heteroatoms. The first-order valence-electron chi connectivity index (χ1n) is 3.86. The van der Waals surface area contributed by atoms with Gasteiger partial charge in [-0.3, -0.25) is 0 Å². The standard InChI is InChI=1S/C10H12Cl/c1-2-3-5-9-6-4-7-10(11)8-9/h4,6-8H,1-3,5H2. The minimum absolute atomic E-state index is 0.826. The van der Waals surface area contributed by atoms with Crippen molar-refractivity contribution in [1.29, 1.82) is 0 Å². The Morgan fingerprint density at radius 2 is 2.18 bits per heavy atom. The highest BCUT2D eigenvalue weighted by atomic mass is 35.5. The van der Waals surface area contributed by atoms with Crippen LogP contribution in [0.15, 0.2) is 24.3 Å². The third kappa shape index (κ3) is 2.94. The minimum atomic E-state index is 0.826. The van der Waals surface area contributed by atoms with Crippen molar-refractivity contribution in [2.75, 3.05) is 0 Å². The molecule has 0 heterocycles. The van der Waals surface area contributed by atoms with Crippen LogP contribution in [0, 0.1) is 6.92 Å². The van der Waals surface area contributed by atoms with Crippen LogP contribution >= 0.6 is 11.6 Å². The Bertz CT molecular complexity index is 218. The lowest BCUT2D eigenvalue weighted by atomic mass is 10.1. The molecule has 0 saturated heterocycles. The van der Waals surface area contributed by atoms with E-state index < -0.39 is 0 Å².